The lowest BCUT2D eigenvalue weighted by atomic mass is 10.1. The number of carbonyl (C=O) groups is 3. The van der Waals surface area contributed by atoms with Crippen LogP contribution in [0.3, 0.4) is 0 Å². The molecule has 0 fully saturated rings. The van der Waals surface area contributed by atoms with Gasteiger partial charge in [-0.25, -0.2) is 4.57 Å². The minimum atomic E-state index is -4.77. The number of rotatable bonds is 57. The van der Waals surface area contributed by atoms with Crippen LogP contribution in [0.1, 0.15) is 265 Å². The van der Waals surface area contributed by atoms with Crippen molar-refractivity contribution in [2.45, 2.75) is 277 Å². The Kier molecular flexibility index (Phi) is 56.8. The first-order valence-electron chi connectivity index (χ1n) is 31.1. The number of aliphatic hydroxyl groups is 1. The summed E-state index contributed by atoms with van der Waals surface area (Å²) < 4.78 is 39.6. The molecule has 0 rings (SSSR count). The molecule has 11 nitrogen and oxygen atoms in total. The van der Waals surface area contributed by atoms with Crippen molar-refractivity contribution in [2.24, 2.45) is 0 Å². The highest BCUT2D eigenvalue weighted by Crippen LogP contribution is 2.43. The highest BCUT2D eigenvalue weighted by atomic mass is 31.2. The number of phosphoric acid groups is 1. The van der Waals surface area contributed by atoms with E-state index in [0.29, 0.717) is 19.3 Å². The fourth-order valence-electron chi connectivity index (χ4n) is 8.23. The smallest absolute Gasteiger partial charge is 0.462 e. The predicted molar refractivity (Wildman–Crippen MR) is 325 cm³/mol. The number of aliphatic hydroxyl groups excluding tert-OH is 1. The third-order valence-corrected chi connectivity index (χ3v) is 13.9. The Labute approximate surface area is 476 Å². The first-order chi connectivity index (χ1) is 38.2. The van der Waals surface area contributed by atoms with E-state index in [9.17, 15) is 28.9 Å². The Bertz CT molecular complexity index is 1680. The van der Waals surface area contributed by atoms with E-state index in [-0.39, 0.29) is 25.9 Å². The zero-order chi connectivity index (χ0) is 56.9. The molecule has 0 aliphatic heterocycles. The maximum absolute atomic E-state index is 12.9. The Balaban J connectivity index is 4.75. The van der Waals surface area contributed by atoms with E-state index in [1.807, 2.05) is 0 Å². The van der Waals surface area contributed by atoms with Gasteiger partial charge in [0.1, 0.15) is 12.7 Å². The van der Waals surface area contributed by atoms with E-state index in [4.69, 9.17) is 23.3 Å². The minimum Gasteiger partial charge on any atom is -0.462 e. The molecule has 12 heteroatoms. The van der Waals surface area contributed by atoms with Gasteiger partial charge in [-0.05, 0) is 122 Å². The van der Waals surface area contributed by atoms with E-state index in [0.717, 1.165) is 109 Å². The molecule has 2 N–H and O–H groups in total. The molecule has 3 atom stereocenters. The second-order valence-corrected chi connectivity index (χ2v) is 21.9. The summed E-state index contributed by atoms with van der Waals surface area (Å²) >= 11 is 0. The molecule has 0 amide bonds. The van der Waals surface area contributed by atoms with Crippen LogP contribution in [0.5, 0.6) is 0 Å². The Hall–Kier alpha value is -3.60. The molecule has 0 radical (unpaired) electrons. The van der Waals surface area contributed by atoms with Crippen molar-refractivity contribution in [3.63, 3.8) is 0 Å². The zero-order valence-corrected chi connectivity index (χ0v) is 50.5. The van der Waals surface area contributed by atoms with Crippen LogP contribution in [0.4, 0.5) is 0 Å². The second kappa shape index (κ2) is 59.5. The molecule has 0 heterocycles. The molecule has 0 aromatic carbocycles. The average molecular weight is 1110 g/mol. The number of esters is 3. The number of ether oxygens (including phenoxy) is 3. The summed E-state index contributed by atoms with van der Waals surface area (Å²) in [4.78, 5) is 48.7. The van der Waals surface area contributed by atoms with Crippen molar-refractivity contribution in [1.29, 1.82) is 0 Å². The van der Waals surface area contributed by atoms with Gasteiger partial charge in [0.25, 0.3) is 0 Å². The number of phosphoric ester groups is 1. The number of allylic oxidation sites excluding steroid dienone is 16. The number of unbranched alkanes of at least 4 members (excludes halogenated alkanes) is 24. The van der Waals surface area contributed by atoms with Crippen molar-refractivity contribution in [3.8, 4) is 0 Å². The number of carbonyl (C=O) groups excluding carboxylic acids is 3. The normalized spacial score (nSPS) is 14.0. The molecule has 0 bridgehead atoms. The molecule has 0 aromatic heterocycles. The first kappa shape index (κ1) is 74.4. The maximum Gasteiger partial charge on any atom is 0.472 e. The summed E-state index contributed by atoms with van der Waals surface area (Å²) in [5, 5.41) is 9.84. The van der Waals surface area contributed by atoms with Crippen molar-refractivity contribution >= 4 is 25.7 Å². The molecule has 0 aliphatic carbocycles. The molecule has 78 heavy (non-hydrogen) atoms. The van der Waals surface area contributed by atoms with Gasteiger partial charge in [-0.15, -0.1) is 0 Å². The van der Waals surface area contributed by atoms with Crippen LogP contribution in [0.2, 0.25) is 0 Å². The van der Waals surface area contributed by atoms with Crippen LogP contribution in [0.15, 0.2) is 97.2 Å². The third kappa shape index (κ3) is 57.1. The molecular weight excluding hydrogens is 1000 g/mol. The SMILES string of the molecule is CC/C=C\C/C=C\C/C=C\C/C=C\CCCCC(=O)OCC(COP(=O)(O)OCC(CO)OC(=O)CCCCCCCCC/C=C\C/C=C\CCCCC)OC(=O)CCCCCCCCCCC/C=C\C/C=C\CCCCC. The molecule has 0 aromatic rings. The molecule has 0 saturated carbocycles. The zero-order valence-electron chi connectivity index (χ0n) is 49.6. The summed E-state index contributed by atoms with van der Waals surface area (Å²) in [6.45, 7) is 4.44. The minimum absolute atomic E-state index is 0.149. The summed E-state index contributed by atoms with van der Waals surface area (Å²) in [5.41, 5.74) is 0. The van der Waals surface area contributed by atoms with E-state index in [1.165, 1.54) is 96.3 Å². The Morgan fingerprint density at radius 2 is 0.667 bits per heavy atom. The van der Waals surface area contributed by atoms with Crippen molar-refractivity contribution in [2.75, 3.05) is 26.4 Å². The maximum atomic E-state index is 12.9. The van der Waals surface area contributed by atoms with Crippen molar-refractivity contribution in [1.82, 2.24) is 0 Å². The molecule has 448 valence electrons. The molecular formula is C66H113O11P. The van der Waals surface area contributed by atoms with E-state index < -0.39 is 57.8 Å². The van der Waals surface area contributed by atoms with Gasteiger partial charge in [0.15, 0.2) is 6.10 Å². The van der Waals surface area contributed by atoms with Gasteiger partial charge in [0, 0.05) is 19.3 Å². The van der Waals surface area contributed by atoms with Crippen molar-refractivity contribution in [3.05, 3.63) is 97.2 Å². The standard InChI is InChI=1S/C66H113O11P/c1-4-7-10-13-16-19-22-25-28-30-31-33-36-39-42-45-48-51-54-57-66(70)77-63(59-73-64(68)55-52-49-46-43-40-37-34-27-24-21-18-15-12-9-6-3)61-75-78(71,72)74-60-62(58-67)76-65(69)56-53-50-47-44-41-38-35-32-29-26-23-20-17-14-11-8-5-2/h9,12,16-21,25-29,34,40,43,62-63,67H,4-8,10-11,13-15,22-24,30-33,35-39,41-42,44-61H2,1-3H3,(H,71,72)/b12-9-,19-16-,20-17-,21-18-,28-25-,29-26-,34-27-,43-40-. The summed E-state index contributed by atoms with van der Waals surface area (Å²) in [5.74, 6) is -1.53. The highest BCUT2D eigenvalue weighted by molar-refractivity contribution is 7.47. The Morgan fingerprint density at radius 3 is 1.05 bits per heavy atom. The Morgan fingerprint density at radius 1 is 0.372 bits per heavy atom. The summed E-state index contributed by atoms with van der Waals surface area (Å²) in [7, 11) is -4.77. The van der Waals surface area contributed by atoms with Gasteiger partial charge in [-0.3, -0.25) is 23.4 Å². The molecule has 0 aliphatic rings. The summed E-state index contributed by atoms with van der Waals surface area (Å²) in [6, 6.07) is 0. The summed E-state index contributed by atoms with van der Waals surface area (Å²) in [6.07, 6.45) is 70.7. The van der Waals surface area contributed by atoms with Crippen LogP contribution in [-0.2, 0) is 42.2 Å². The first-order valence-corrected chi connectivity index (χ1v) is 32.6. The average Bonchev–Trinajstić information content (AvgIpc) is 3.43. The van der Waals surface area contributed by atoms with Gasteiger partial charge in [-0.1, -0.05) is 221 Å². The lowest BCUT2D eigenvalue weighted by molar-refractivity contribution is -0.161. The second-order valence-electron chi connectivity index (χ2n) is 20.5. The van der Waals surface area contributed by atoms with Crippen LogP contribution >= 0.6 is 7.82 Å². The van der Waals surface area contributed by atoms with E-state index >= 15 is 0 Å². The van der Waals surface area contributed by atoms with Crippen molar-refractivity contribution < 1.29 is 52.2 Å². The lowest BCUT2D eigenvalue weighted by Gasteiger charge is -2.21. The van der Waals surface area contributed by atoms with Crippen LogP contribution in [0, 0.1) is 0 Å². The fraction of sp³-hybridized carbons (Fsp3) is 0.712. The van der Waals surface area contributed by atoms with Crippen LogP contribution in [-0.4, -0.2) is 66.5 Å². The van der Waals surface area contributed by atoms with Gasteiger partial charge < -0.3 is 24.2 Å². The monoisotopic (exact) mass is 1110 g/mol. The lowest BCUT2D eigenvalue weighted by Crippen LogP contribution is -2.30. The van der Waals surface area contributed by atoms with Gasteiger partial charge in [-0.2, -0.15) is 0 Å². The highest BCUT2D eigenvalue weighted by Gasteiger charge is 2.28. The van der Waals surface area contributed by atoms with Gasteiger partial charge in [0.2, 0.25) is 0 Å². The fourth-order valence-corrected chi connectivity index (χ4v) is 9.01. The molecule has 3 unspecified atom stereocenters. The number of hydrogen-bond acceptors (Lipinski definition) is 10. The molecule has 0 spiro atoms. The topological polar surface area (TPSA) is 155 Å². The quantitative estimate of drug-likeness (QED) is 0.0197. The van der Waals surface area contributed by atoms with E-state index in [2.05, 4.69) is 118 Å². The van der Waals surface area contributed by atoms with Crippen LogP contribution < -0.4 is 0 Å². The predicted octanol–water partition coefficient (Wildman–Crippen LogP) is 18.8. The van der Waals surface area contributed by atoms with Gasteiger partial charge >= 0.3 is 25.7 Å². The van der Waals surface area contributed by atoms with Crippen LogP contribution in [0.25, 0.3) is 0 Å². The molecule has 0 saturated heterocycles. The largest absolute Gasteiger partial charge is 0.472 e. The third-order valence-electron chi connectivity index (χ3n) is 13.0. The van der Waals surface area contributed by atoms with Gasteiger partial charge in [0.05, 0.1) is 19.8 Å². The number of hydrogen-bond donors (Lipinski definition) is 2. The van der Waals surface area contributed by atoms with E-state index in [1.54, 1.807) is 0 Å².